The van der Waals surface area contributed by atoms with Gasteiger partial charge in [0, 0.05) is 27.5 Å². The Morgan fingerprint density at radius 1 is 0.733 bits per heavy atom. The normalized spacial score (nSPS) is 21.3. The van der Waals surface area contributed by atoms with E-state index in [2.05, 4.69) is 76.5 Å². The van der Waals surface area contributed by atoms with Crippen LogP contribution in [0.3, 0.4) is 0 Å². The number of thiophene rings is 1. The zero-order valence-electron chi connectivity index (χ0n) is 26.8. The molecule has 4 aromatic rings. The van der Waals surface area contributed by atoms with E-state index in [0.717, 1.165) is 43.2 Å². The fourth-order valence-corrected chi connectivity index (χ4v) is 8.82. The molecule has 6 heteroatoms. The predicted octanol–water partition coefficient (Wildman–Crippen LogP) is 8.82. The number of hydrogen-bond donors (Lipinski definition) is 0. The van der Waals surface area contributed by atoms with Gasteiger partial charge in [0.15, 0.2) is 0 Å². The summed E-state index contributed by atoms with van der Waals surface area (Å²) in [5, 5.41) is 1.27. The first-order valence-electron chi connectivity index (χ1n) is 17.3. The summed E-state index contributed by atoms with van der Waals surface area (Å²) in [4.78, 5) is 6.52. The fraction of sp³-hybridized carbons (Fsp3) is 0.487. The van der Waals surface area contributed by atoms with Gasteiger partial charge < -0.3 is 14.2 Å². The molecule has 3 fully saturated rings. The molecule has 1 aromatic heterocycles. The highest BCUT2D eigenvalue weighted by Gasteiger charge is 2.32. The molecule has 3 aromatic carbocycles. The van der Waals surface area contributed by atoms with Gasteiger partial charge in [0.25, 0.3) is 0 Å². The van der Waals surface area contributed by atoms with Crippen LogP contribution in [0.15, 0.2) is 66.7 Å². The quantitative estimate of drug-likeness (QED) is 0.167. The second-order valence-corrected chi connectivity index (χ2v) is 14.2. The molecule has 2 atom stereocenters. The topological polar surface area (TPSA) is 34.2 Å². The number of likely N-dealkylation sites (tertiary alicyclic amines) is 2. The van der Waals surface area contributed by atoms with Crippen LogP contribution >= 0.6 is 11.3 Å². The van der Waals surface area contributed by atoms with Gasteiger partial charge in [0.1, 0.15) is 30.0 Å². The molecule has 3 heterocycles. The van der Waals surface area contributed by atoms with Gasteiger partial charge in [-0.05, 0) is 149 Å². The summed E-state index contributed by atoms with van der Waals surface area (Å²) >= 11 is 1.86. The van der Waals surface area contributed by atoms with Crippen molar-refractivity contribution in [3.63, 3.8) is 0 Å². The summed E-state index contributed by atoms with van der Waals surface area (Å²) in [6.07, 6.45) is 12.9. The third-order valence-electron chi connectivity index (χ3n) is 10.1. The van der Waals surface area contributed by atoms with Crippen molar-refractivity contribution in [1.82, 2.24) is 9.80 Å². The monoisotopic (exact) mass is 624 g/mol. The first kappa shape index (κ1) is 30.6. The summed E-state index contributed by atoms with van der Waals surface area (Å²) < 4.78 is 19.7. The van der Waals surface area contributed by atoms with Gasteiger partial charge in [-0.25, -0.2) is 0 Å². The molecule has 0 unspecified atom stereocenters. The van der Waals surface area contributed by atoms with Crippen molar-refractivity contribution in [2.45, 2.75) is 76.4 Å². The average Bonchev–Trinajstić information content (AvgIpc) is 3.74. The van der Waals surface area contributed by atoms with Crippen LogP contribution in [0, 0.1) is 0 Å². The summed E-state index contributed by atoms with van der Waals surface area (Å²) in [6, 6.07) is 24.6. The Morgan fingerprint density at radius 2 is 1.44 bits per heavy atom. The van der Waals surface area contributed by atoms with Crippen LogP contribution in [-0.2, 0) is 6.42 Å². The summed E-state index contributed by atoms with van der Waals surface area (Å²) in [5.41, 5.74) is 3.88. The maximum absolute atomic E-state index is 6.70. The van der Waals surface area contributed by atoms with Crippen molar-refractivity contribution in [1.29, 1.82) is 0 Å². The molecule has 2 aliphatic heterocycles. The van der Waals surface area contributed by atoms with E-state index in [1.807, 2.05) is 11.3 Å². The molecule has 2 saturated heterocycles. The molecule has 238 valence electrons. The number of nitrogens with zero attached hydrogens (tertiary/aromatic N) is 2. The molecule has 7 rings (SSSR count). The van der Waals surface area contributed by atoms with Crippen molar-refractivity contribution >= 4 is 21.4 Å². The van der Waals surface area contributed by atoms with Gasteiger partial charge in [0.2, 0.25) is 0 Å². The lowest BCUT2D eigenvalue weighted by Crippen LogP contribution is -2.49. The van der Waals surface area contributed by atoms with Gasteiger partial charge in [-0.15, -0.1) is 11.3 Å². The summed E-state index contributed by atoms with van der Waals surface area (Å²) in [7, 11) is 1.75. The molecular weight excluding hydrogens is 577 g/mol. The van der Waals surface area contributed by atoms with E-state index in [0.29, 0.717) is 12.1 Å². The van der Waals surface area contributed by atoms with Crippen molar-refractivity contribution < 1.29 is 14.2 Å². The highest BCUT2D eigenvalue weighted by atomic mass is 32.1. The van der Waals surface area contributed by atoms with Crippen molar-refractivity contribution in [3.05, 3.63) is 77.9 Å². The standard InChI is InChI=1S/C39H48N2O3S/c1-42-33-19-20-38-34(28-33)35(39(45-38)30-13-17-31(18-14-30)43-26-25-40-21-7-8-22-40)27-29-11-15-32(16-12-29)44-37-10-4-3-9-36(37)41-23-5-2-6-24-41/h11-20,28,36-37H,2-10,21-27H2,1H3/t36-,37-/m1/s1. The van der Waals surface area contributed by atoms with Gasteiger partial charge in [-0.3, -0.25) is 9.80 Å². The Hall–Kier alpha value is -3.06. The number of hydrogen-bond acceptors (Lipinski definition) is 6. The zero-order chi connectivity index (χ0) is 30.4. The van der Waals surface area contributed by atoms with Crippen molar-refractivity contribution in [3.8, 4) is 27.7 Å². The lowest BCUT2D eigenvalue weighted by Gasteiger charge is -2.41. The number of ether oxygens (including phenoxy) is 3. The Balaban J connectivity index is 1.08. The fourth-order valence-electron chi connectivity index (χ4n) is 7.61. The largest absolute Gasteiger partial charge is 0.497 e. The molecule has 0 amide bonds. The molecule has 0 bridgehead atoms. The highest BCUT2D eigenvalue weighted by Crippen LogP contribution is 2.42. The molecule has 45 heavy (non-hydrogen) atoms. The third-order valence-corrected chi connectivity index (χ3v) is 11.4. The Morgan fingerprint density at radius 3 is 2.22 bits per heavy atom. The first-order valence-corrected chi connectivity index (χ1v) is 18.1. The van der Waals surface area contributed by atoms with E-state index in [4.69, 9.17) is 14.2 Å². The van der Waals surface area contributed by atoms with Crippen LogP contribution in [0.2, 0.25) is 0 Å². The van der Waals surface area contributed by atoms with Crippen LogP contribution in [0.4, 0.5) is 0 Å². The van der Waals surface area contributed by atoms with Gasteiger partial charge in [-0.1, -0.05) is 25.0 Å². The summed E-state index contributed by atoms with van der Waals surface area (Å²) in [5.74, 6) is 2.85. The van der Waals surface area contributed by atoms with Crippen LogP contribution in [-0.4, -0.2) is 68.4 Å². The minimum Gasteiger partial charge on any atom is -0.497 e. The maximum Gasteiger partial charge on any atom is 0.119 e. The maximum atomic E-state index is 6.70. The zero-order valence-corrected chi connectivity index (χ0v) is 27.7. The number of methoxy groups -OCH3 is 1. The van der Waals surface area contributed by atoms with E-state index in [9.17, 15) is 0 Å². The van der Waals surface area contributed by atoms with Crippen molar-refractivity contribution in [2.75, 3.05) is 46.4 Å². The number of benzene rings is 3. The third kappa shape index (κ3) is 7.34. The second kappa shape index (κ2) is 14.6. The average molecular weight is 625 g/mol. The second-order valence-electron chi connectivity index (χ2n) is 13.1. The Kier molecular flexibility index (Phi) is 9.91. The van der Waals surface area contributed by atoms with Crippen LogP contribution < -0.4 is 14.2 Å². The van der Waals surface area contributed by atoms with Gasteiger partial charge in [0.05, 0.1) is 7.11 Å². The van der Waals surface area contributed by atoms with E-state index in [1.54, 1.807) is 7.11 Å². The molecule has 0 N–H and O–H groups in total. The van der Waals surface area contributed by atoms with E-state index >= 15 is 0 Å². The van der Waals surface area contributed by atoms with Gasteiger partial charge >= 0.3 is 0 Å². The minimum absolute atomic E-state index is 0.301. The predicted molar refractivity (Wildman–Crippen MR) is 186 cm³/mol. The van der Waals surface area contributed by atoms with Crippen LogP contribution in [0.25, 0.3) is 20.5 Å². The molecule has 5 nitrogen and oxygen atoms in total. The highest BCUT2D eigenvalue weighted by molar-refractivity contribution is 7.22. The van der Waals surface area contributed by atoms with E-state index in [1.165, 1.54) is 109 Å². The lowest BCUT2D eigenvalue weighted by atomic mass is 9.90. The smallest absolute Gasteiger partial charge is 0.119 e. The number of piperidine rings is 1. The SMILES string of the molecule is COc1ccc2sc(-c3ccc(OCCN4CCCC4)cc3)c(Cc3ccc(O[C@@H]4CCCC[C@H]4N4CCCCC4)cc3)c2c1. The van der Waals surface area contributed by atoms with Crippen LogP contribution in [0.1, 0.15) is 68.9 Å². The molecule has 3 aliphatic rings. The molecule has 0 radical (unpaired) electrons. The Bertz CT molecular complexity index is 1520. The molecular formula is C39H48N2O3S. The first-order chi connectivity index (χ1) is 22.2. The van der Waals surface area contributed by atoms with Crippen LogP contribution in [0.5, 0.6) is 17.2 Å². The molecule has 1 aliphatic carbocycles. The Labute approximate surface area is 273 Å². The van der Waals surface area contributed by atoms with E-state index in [-0.39, 0.29) is 0 Å². The minimum atomic E-state index is 0.301. The molecule has 1 saturated carbocycles. The van der Waals surface area contributed by atoms with Gasteiger partial charge in [-0.2, -0.15) is 0 Å². The molecule has 0 spiro atoms. The van der Waals surface area contributed by atoms with E-state index < -0.39 is 0 Å². The van der Waals surface area contributed by atoms with Crippen molar-refractivity contribution in [2.24, 2.45) is 0 Å². The summed E-state index contributed by atoms with van der Waals surface area (Å²) in [6.45, 7) is 6.63. The lowest BCUT2D eigenvalue weighted by molar-refractivity contribution is 0.0261. The number of fused-ring (bicyclic) bond motifs is 1. The number of rotatable bonds is 11.